The second-order valence-electron chi connectivity index (χ2n) is 7.36. The van der Waals surface area contributed by atoms with Crippen LogP contribution in [0.4, 0.5) is 0 Å². The quantitative estimate of drug-likeness (QED) is 0.657. The minimum absolute atomic E-state index is 0.0806. The molecule has 28 heavy (non-hydrogen) atoms. The Hall–Kier alpha value is -2.42. The summed E-state index contributed by atoms with van der Waals surface area (Å²) in [5, 5.41) is 0. The summed E-state index contributed by atoms with van der Waals surface area (Å²) in [5.74, 6) is -0.508. The third-order valence-electron chi connectivity index (χ3n) is 5.39. The van der Waals surface area contributed by atoms with E-state index in [0.717, 1.165) is 32.5 Å². The number of hydrogen-bond acceptors (Lipinski definition) is 4. The zero-order chi connectivity index (χ0) is 19.7. The largest absolute Gasteiger partial charge is 0.419 e. The number of piperidine rings is 1. The average Bonchev–Trinajstić information content (AvgIpc) is 2.97. The Morgan fingerprint density at radius 1 is 1.14 bits per heavy atom. The molecule has 1 saturated heterocycles. The zero-order valence-corrected chi connectivity index (χ0v) is 16.5. The van der Waals surface area contributed by atoms with Gasteiger partial charge in [-0.05, 0) is 12.1 Å². The van der Waals surface area contributed by atoms with E-state index in [-0.39, 0.29) is 16.5 Å². The number of hydrogen-bond donors (Lipinski definition) is 2. The number of fused-ring (bicyclic) bond motifs is 1. The summed E-state index contributed by atoms with van der Waals surface area (Å²) in [4.78, 5) is 13.2. The number of likely N-dealkylation sites (tertiary alicyclic amines) is 1. The maximum atomic E-state index is 12.8. The summed E-state index contributed by atoms with van der Waals surface area (Å²) >= 11 is 0. The van der Waals surface area contributed by atoms with Crippen LogP contribution in [0.1, 0.15) is 18.4 Å². The van der Waals surface area contributed by atoms with E-state index >= 15 is 0 Å². The third-order valence-corrected chi connectivity index (χ3v) is 6.90. The van der Waals surface area contributed by atoms with Crippen molar-refractivity contribution in [1.29, 1.82) is 0 Å². The zero-order valence-electron chi connectivity index (χ0n) is 15.7. The first-order valence-corrected chi connectivity index (χ1v) is 10.9. The number of rotatable bonds is 5. The van der Waals surface area contributed by atoms with E-state index < -0.39 is 15.8 Å². The highest BCUT2D eigenvalue weighted by Crippen LogP contribution is 2.19. The van der Waals surface area contributed by atoms with E-state index in [4.69, 9.17) is 4.42 Å². The SMILES string of the molecule is Cn1c(=O)oc2cc(S(=O)(=O)NC3CC[NH+](Cc4ccccc4)CC3)ccc21. The fraction of sp³-hybridized carbons (Fsp3) is 0.350. The minimum Gasteiger partial charge on any atom is -0.408 e. The Kier molecular flexibility index (Phi) is 5.09. The summed E-state index contributed by atoms with van der Waals surface area (Å²) in [5.41, 5.74) is 2.15. The average molecular weight is 402 g/mol. The van der Waals surface area contributed by atoms with Crippen LogP contribution in [0.5, 0.6) is 0 Å². The molecule has 0 bridgehead atoms. The molecule has 0 amide bonds. The van der Waals surface area contributed by atoms with Crippen molar-refractivity contribution >= 4 is 21.1 Å². The van der Waals surface area contributed by atoms with Crippen molar-refractivity contribution in [1.82, 2.24) is 9.29 Å². The molecule has 0 unspecified atom stereocenters. The van der Waals surface area contributed by atoms with Gasteiger partial charge in [0.05, 0.1) is 23.5 Å². The summed E-state index contributed by atoms with van der Waals surface area (Å²) in [6, 6.07) is 14.8. The first-order valence-electron chi connectivity index (χ1n) is 9.42. The molecule has 2 N–H and O–H groups in total. The van der Waals surface area contributed by atoms with Gasteiger partial charge in [0.2, 0.25) is 10.0 Å². The molecule has 4 rings (SSSR count). The second kappa shape index (κ2) is 7.54. The number of aryl methyl sites for hydroxylation is 1. The van der Waals surface area contributed by atoms with Crippen molar-refractivity contribution in [3.8, 4) is 0 Å². The molecule has 0 spiro atoms. The Morgan fingerprint density at radius 3 is 2.57 bits per heavy atom. The van der Waals surface area contributed by atoms with Crippen LogP contribution in [-0.4, -0.2) is 32.1 Å². The number of oxazole rings is 1. The molecule has 0 saturated carbocycles. The molecule has 3 aromatic rings. The van der Waals surface area contributed by atoms with Gasteiger partial charge in [0.25, 0.3) is 0 Å². The van der Waals surface area contributed by atoms with Gasteiger partial charge in [0.15, 0.2) is 5.58 Å². The number of quaternary nitrogens is 1. The standard InChI is InChI=1S/C20H23N3O4S/c1-22-18-8-7-17(13-19(18)27-20(22)24)28(25,26)21-16-9-11-23(12-10-16)14-15-5-3-2-4-6-15/h2-8,13,16,21H,9-12,14H2,1H3/p+1. The molecular formula is C20H24N3O4S+. The van der Waals surface area contributed by atoms with E-state index in [2.05, 4.69) is 16.9 Å². The third kappa shape index (κ3) is 3.89. The van der Waals surface area contributed by atoms with Gasteiger partial charge in [0.1, 0.15) is 6.54 Å². The lowest BCUT2D eigenvalue weighted by atomic mass is 10.1. The lowest BCUT2D eigenvalue weighted by Crippen LogP contribution is -3.12. The highest BCUT2D eigenvalue weighted by molar-refractivity contribution is 7.89. The predicted molar refractivity (Wildman–Crippen MR) is 106 cm³/mol. The Balaban J connectivity index is 1.41. The molecule has 0 radical (unpaired) electrons. The van der Waals surface area contributed by atoms with Gasteiger partial charge in [-0.1, -0.05) is 30.3 Å². The lowest BCUT2D eigenvalue weighted by Gasteiger charge is -2.29. The van der Waals surface area contributed by atoms with Crippen LogP contribution in [-0.2, 0) is 23.6 Å². The number of benzene rings is 2. The first-order chi connectivity index (χ1) is 13.4. The van der Waals surface area contributed by atoms with Gasteiger partial charge in [-0.15, -0.1) is 0 Å². The van der Waals surface area contributed by atoms with Gasteiger partial charge < -0.3 is 9.32 Å². The fourth-order valence-electron chi connectivity index (χ4n) is 3.77. The van der Waals surface area contributed by atoms with Gasteiger partial charge in [-0.2, -0.15) is 0 Å². The maximum absolute atomic E-state index is 12.8. The normalized spacial score (nSPS) is 20.5. The van der Waals surface area contributed by atoms with Crippen molar-refractivity contribution in [3.63, 3.8) is 0 Å². The number of nitrogens with zero attached hydrogens (tertiary/aromatic N) is 1. The smallest absolute Gasteiger partial charge is 0.408 e. The molecule has 0 aliphatic carbocycles. The molecule has 7 nitrogen and oxygen atoms in total. The summed E-state index contributed by atoms with van der Waals surface area (Å²) in [7, 11) is -2.07. The van der Waals surface area contributed by atoms with Crippen LogP contribution in [0.15, 0.2) is 62.6 Å². The van der Waals surface area contributed by atoms with Gasteiger partial charge in [-0.3, -0.25) is 4.57 Å². The van der Waals surface area contributed by atoms with E-state index in [1.54, 1.807) is 13.1 Å². The van der Waals surface area contributed by atoms with E-state index in [1.807, 2.05) is 18.2 Å². The molecule has 2 aromatic carbocycles. The van der Waals surface area contributed by atoms with Crippen LogP contribution in [0.2, 0.25) is 0 Å². The molecule has 1 aliphatic heterocycles. The van der Waals surface area contributed by atoms with Crippen LogP contribution in [0, 0.1) is 0 Å². The van der Waals surface area contributed by atoms with Crippen LogP contribution in [0.3, 0.4) is 0 Å². The summed E-state index contributed by atoms with van der Waals surface area (Å²) < 4.78 is 34.8. The minimum atomic E-state index is -3.66. The van der Waals surface area contributed by atoms with E-state index in [0.29, 0.717) is 5.52 Å². The molecule has 1 aliphatic rings. The van der Waals surface area contributed by atoms with Crippen molar-refractivity contribution in [3.05, 3.63) is 64.6 Å². The summed E-state index contributed by atoms with van der Waals surface area (Å²) in [6.07, 6.45) is 1.59. The van der Waals surface area contributed by atoms with Crippen molar-refractivity contribution < 1.29 is 17.7 Å². The molecular weight excluding hydrogens is 378 g/mol. The molecule has 8 heteroatoms. The Morgan fingerprint density at radius 2 is 1.86 bits per heavy atom. The monoisotopic (exact) mass is 402 g/mol. The molecule has 1 fully saturated rings. The fourth-order valence-corrected chi connectivity index (χ4v) is 5.09. The lowest BCUT2D eigenvalue weighted by molar-refractivity contribution is -0.918. The first kappa shape index (κ1) is 18.9. The number of nitrogens with one attached hydrogen (secondary N) is 2. The molecule has 148 valence electrons. The predicted octanol–water partition coefficient (Wildman–Crippen LogP) is 0.657. The highest BCUT2D eigenvalue weighted by atomic mass is 32.2. The Labute approximate surface area is 163 Å². The summed E-state index contributed by atoms with van der Waals surface area (Å²) in [6.45, 7) is 2.81. The van der Waals surface area contributed by atoms with Gasteiger partial charge in [0, 0.05) is 37.6 Å². The van der Waals surface area contributed by atoms with Crippen LogP contribution < -0.4 is 15.4 Å². The maximum Gasteiger partial charge on any atom is 0.419 e. The molecule has 2 heterocycles. The number of aromatic nitrogens is 1. The Bertz CT molecular complexity index is 1130. The van der Waals surface area contributed by atoms with E-state index in [1.165, 1.54) is 27.2 Å². The number of sulfonamides is 1. The van der Waals surface area contributed by atoms with Crippen molar-refractivity contribution in [2.75, 3.05) is 13.1 Å². The topological polar surface area (TPSA) is 85.8 Å². The van der Waals surface area contributed by atoms with Crippen LogP contribution >= 0.6 is 0 Å². The molecule has 1 aromatic heterocycles. The van der Waals surface area contributed by atoms with Gasteiger partial charge >= 0.3 is 5.76 Å². The highest BCUT2D eigenvalue weighted by Gasteiger charge is 2.27. The second-order valence-corrected chi connectivity index (χ2v) is 9.08. The van der Waals surface area contributed by atoms with E-state index in [9.17, 15) is 13.2 Å². The van der Waals surface area contributed by atoms with Gasteiger partial charge in [-0.25, -0.2) is 17.9 Å². The molecule has 0 atom stereocenters. The van der Waals surface area contributed by atoms with Crippen molar-refractivity contribution in [2.24, 2.45) is 7.05 Å². The van der Waals surface area contributed by atoms with Crippen molar-refractivity contribution in [2.45, 2.75) is 30.3 Å². The van der Waals surface area contributed by atoms with Crippen LogP contribution in [0.25, 0.3) is 11.1 Å².